The number of hydrogen-bond acceptors (Lipinski definition) is 4. The summed E-state index contributed by atoms with van der Waals surface area (Å²) in [7, 11) is 1.68. The number of rotatable bonds is 4. The van der Waals surface area contributed by atoms with E-state index in [0.717, 1.165) is 0 Å². The van der Waals surface area contributed by atoms with Gasteiger partial charge in [-0.25, -0.2) is 0 Å². The third-order valence-electron chi connectivity index (χ3n) is 2.39. The van der Waals surface area contributed by atoms with Gasteiger partial charge in [0, 0.05) is 31.9 Å². The van der Waals surface area contributed by atoms with E-state index in [1.54, 1.807) is 32.3 Å². The van der Waals surface area contributed by atoms with Crippen LogP contribution in [0.25, 0.3) is 0 Å². The van der Waals surface area contributed by atoms with Crippen LogP contribution in [0.1, 0.15) is 23.0 Å². The molecule has 0 aromatic carbocycles. The molecule has 0 radical (unpaired) electrons. The molecule has 0 fully saturated rings. The van der Waals surface area contributed by atoms with E-state index in [0.29, 0.717) is 24.3 Å². The summed E-state index contributed by atoms with van der Waals surface area (Å²) in [4.78, 5) is 17.6. The Morgan fingerprint density at radius 2 is 2.41 bits per heavy atom. The number of carbonyl (C=O) groups is 1. The van der Waals surface area contributed by atoms with Gasteiger partial charge in [-0.05, 0) is 19.1 Å². The van der Waals surface area contributed by atoms with Crippen LogP contribution < -0.4 is 5.73 Å². The number of amides is 1. The summed E-state index contributed by atoms with van der Waals surface area (Å²) in [6, 6.07) is 5.42. The molecule has 0 saturated heterocycles. The van der Waals surface area contributed by atoms with E-state index in [-0.39, 0.29) is 11.8 Å². The molecule has 5 heteroatoms. The average molecular weight is 232 g/mol. The molecule has 1 heterocycles. The molecule has 0 spiro atoms. The Labute approximate surface area is 101 Å². The number of hydrogen-bond donors (Lipinski definition) is 1. The molecule has 1 unspecified atom stereocenters. The third kappa shape index (κ3) is 3.54. The molecule has 0 aliphatic carbocycles. The van der Waals surface area contributed by atoms with Crippen molar-refractivity contribution in [2.24, 2.45) is 11.7 Å². The van der Waals surface area contributed by atoms with E-state index >= 15 is 0 Å². The maximum Gasteiger partial charge on any atom is 0.253 e. The highest BCUT2D eigenvalue weighted by Gasteiger charge is 2.14. The molecule has 1 aromatic rings. The molecule has 5 nitrogen and oxygen atoms in total. The molecule has 90 valence electrons. The first-order valence-electron chi connectivity index (χ1n) is 5.38. The standard InChI is InChI=1S/C12H16N4O/c1-9(6-13)8-16(2)12(17)10-3-4-15-11(5-10)7-14/h3-5,9H,7-8,14H2,1-2H3. The number of pyridine rings is 1. The van der Waals surface area contributed by atoms with Crippen LogP contribution in [0, 0.1) is 17.2 Å². The lowest BCUT2D eigenvalue weighted by Gasteiger charge is -2.18. The van der Waals surface area contributed by atoms with Crippen molar-refractivity contribution in [2.75, 3.05) is 13.6 Å². The predicted molar refractivity (Wildman–Crippen MR) is 63.9 cm³/mol. The van der Waals surface area contributed by atoms with Gasteiger partial charge in [-0.15, -0.1) is 0 Å². The minimum atomic E-state index is -0.181. The van der Waals surface area contributed by atoms with Gasteiger partial charge in [-0.3, -0.25) is 9.78 Å². The summed E-state index contributed by atoms with van der Waals surface area (Å²) in [6.45, 7) is 2.50. The third-order valence-corrected chi connectivity index (χ3v) is 2.39. The summed E-state index contributed by atoms with van der Waals surface area (Å²) in [5.74, 6) is -0.302. The SMILES string of the molecule is CC(C#N)CN(C)C(=O)c1ccnc(CN)c1. The predicted octanol–water partition coefficient (Wildman–Crippen LogP) is 0.772. The number of nitrogens with two attached hydrogens (primary N) is 1. The van der Waals surface area contributed by atoms with E-state index in [1.165, 1.54) is 4.90 Å². The molecular weight excluding hydrogens is 216 g/mol. The summed E-state index contributed by atoms with van der Waals surface area (Å²) in [5, 5.41) is 8.70. The molecule has 0 aliphatic heterocycles. The molecule has 0 bridgehead atoms. The molecule has 1 amide bonds. The van der Waals surface area contributed by atoms with Crippen molar-refractivity contribution in [3.05, 3.63) is 29.6 Å². The Balaban J connectivity index is 2.78. The number of nitrogens with zero attached hydrogens (tertiary/aromatic N) is 3. The van der Waals surface area contributed by atoms with Crippen LogP contribution in [0.4, 0.5) is 0 Å². The maximum atomic E-state index is 12.0. The van der Waals surface area contributed by atoms with E-state index in [9.17, 15) is 4.79 Å². The Morgan fingerprint density at radius 1 is 1.71 bits per heavy atom. The van der Waals surface area contributed by atoms with Crippen LogP contribution in [0.15, 0.2) is 18.3 Å². The number of aromatic nitrogens is 1. The normalized spacial score (nSPS) is 11.6. The first-order valence-corrected chi connectivity index (χ1v) is 5.38. The molecule has 1 aromatic heterocycles. The van der Waals surface area contributed by atoms with E-state index in [4.69, 9.17) is 11.0 Å². The van der Waals surface area contributed by atoms with Crippen molar-refractivity contribution in [2.45, 2.75) is 13.5 Å². The molecule has 17 heavy (non-hydrogen) atoms. The fraction of sp³-hybridized carbons (Fsp3) is 0.417. The smallest absolute Gasteiger partial charge is 0.253 e. The highest BCUT2D eigenvalue weighted by Crippen LogP contribution is 2.06. The Morgan fingerprint density at radius 3 is 3.00 bits per heavy atom. The highest BCUT2D eigenvalue weighted by molar-refractivity contribution is 5.94. The number of carbonyl (C=O) groups excluding carboxylic acids is 1. The van der Waals surface area contributed by atoms with Crippen molar-refractivity contribution in [1.29, 1.82) is 5.26 Å². The van der Waals surface area contributed by atoms with Gasteiger partial charge in [0.15, 0.2) is 0 Å². The topological polar surface area (TPSA) is 83.0 Å². The fourth-order valence-electron chi connectivity index (χ4n) is 1.48. The van der Waals surface area contributed by atoms with Crippen LogP contribution in [0.2, 0.25) is 0 Å². The van der Waals surface area contributed by atoms with Gasteiger partial charge >= 0.3 is 0 Å². The Hall–Kier alpha value is -1.93. The Kier molecular flexibility index (Phi) is 4.61. The van der Waals surface area contributed by atoms with E-state index in [2.05, 4.69) is 11.1 Å². The van der Waals surface area contributed by atoms with Crippen LogP contribution in [-0.4, -0.2) is 29.4 Å². The van der Waals surface area contributed by atoms with Gasteiger partial charge < -0.3 is 10.6 Å². The zero-order valence-electron chi connectivity index (χ0n) is 10.1. The molecular formula is C12H16N4O. The zero-order chi connectivity index (χ0) is 12.8. The Bertz CT molecular complexity index is 438. The second kappa shape index (κ2) is 5.97. The van der Waals surface area contributed by atoms with Gasteiger partial charge in [0.2, 0.25) is 0 Å². The highest BCUT2D eigenvalue weighted by atomic mass is 16.2. The van der Waals surface area contributed by atoms with Crippen molar-refractivity contribution >= 4 is 5.91 Å². The van der Waals surface area contributed by atoms with Gasteiger partial charge in [-0.2, -0.15) is 5.26 Å². The molecule has 2 N–H and O–H groups in total. The molecule has 1 atom stereocenters. The van der Waals surface area contributed by atoms with Crippen LogP contribution in [0.5, 0.6) is 0 Å². The van der Waals surface area contributed by atoms with Gasteiger partial charge in [0.1, 0.15) is 0 Å². The monoisotopic (exact) mass is 232 g/mol. The fourth-order valence-corrected chi connectivity index (χ4v) is 1.48. The first-order chi connectivity index (χ1) is 8.08. The van der Waals surface area contributed by atoms with Crippen molar-refractivity contribution in [3.63, 3.8) is 0 Å². The lowest BCUT2D eigenvalue weighted by molar-refractivity contribution is 0.0785. The quantitative estimate of drug-likeness (QED) is 0.831. The van der Waals surface area contributed by atoms with Crippen LogP contribution in [-0.2, 0) is 6.54 Å². The summed E-state index contributed by atoms with van der Waals surface area (Å²) in [5.41, 5.74) is 6.69. The van der Waals surface area contributed by atoms with Crippen LogP contribution >= 0.6 is 0 Å². The van der Waals surface area contributed by atoms with Crippen molar-refractivity contribution in [3.8, 4) is 6.07 Å². The summed E-state index contributed by atoms with van der Waals surface area (Å²) >= 11 is 0. The van der Waals surface area contributed by atoms with Crippen molar-refractivity contribution in [1.82, 2.24) is 9.88 Å². The lowest BCUT2D eigenvalue weighted by atomic mass is 10.1. The molecule has 0 aliphatic rings. The number of nitriles is 1. The van der Waals surface area contributed by atoms with Crippen molar-refractivity contribution < 1.29 is 4.79 Å². The summed E-state index contributed by atoms with van der Waals surface area (Å²) in [6.07, 6.45) is 1.57. The molecule has 0 saturated carbocycles. The van der Waals surface area contributed by atoms with Gasteiger partial charge in [0.05, 0.1) is 17.7 Å². The van der Waals surface area contributed by atoms with Crippen LogP contribution in [0.3, 0.4) is 0 Å². The zero-order valence-corrected chi connectivity index (χ0v) is 10.1. The average Bonchev–Trinajstić information content (AvgIpc) is 2.37. The largest absolute Gasteiger partial charge is 0.340 e. The minimum absolute atomic E-state index is 0.121. The molecule has 1 rings (SSSR count). The first kappa shape index (κ1) is 13.1. The maximum absolute atomic E-state index is 12.0. The van der Waals surface area contributed by atoms with Gasteiger partial charge in [0.25, 0.3) is 5.91 Å². The second-order valence-electron chi connectivity index (χ2n) is 3.96. The summed E-state index contributed by atoms with van der Waals surface area (Å²) < 4.78 is 0. The second-order valence-corrected chi connectivity index (χ2v) is 3.96. The van der Waals surface area contributed by atoms with Gasteiger partial charge in [-0.1, -0.05) is 0 Å². The lowest BCUT2D eigenvalue weighted by Crippen LogP contribution is -2.30. The minimum Gasteiger partial charge on any atom is -0.340 e. The van der Waals surface area contributed by atoms with E-state index in [1.807, 2.05) is 0 Å². The van der Waals surface area contributed by atoms with E-state index < -0.39 is 0 Å².